The van der Waals surface area contributed by atoms with Crippen molar-refractivity contribution in [1.82, 2.24) is 25.6 Å². The van der Waals surface area contributed by atoms with E-state index in [9.17, 15) is 14.4 Å². The summed E-state index contributed by atoms with van der Waals surface area (Å²) in [6.07, 6.45) is 5.58. The summed E-state index contributed by atoms with van der Waals surface area (Å²) in [6, 6.07) is 12.2. The van der Waals surface area contributed by atoms with Gasteiger partial charge in [-0.15, -0.1) is 0 Å². The molecule has 1 aliphatic carbocycles. The number of nitrogens with zero attached hydrogens (tertiary/aromatic N) is 4. The lowest BCUT2D eigenvalue weighted by Crippen LogP contribution is -2.39. The van der Waals surface area contributed by atoms with E-state index in [1.807, 2.05) is 12.1 Å². The molecule has 0 spiro atoms. The minimum atomic E-state index is -0.530. The van der Waals surface area contributed by atoms with Gasteiger partial charge in [-0.1, -0.05) is 12.1 Å². The third-order valence-corrected chi connectivity index (χ3v) is 7.57. The number of rotatable bonds is 12. The predicted molar refractivity (Wildman–Crippen MR) is 158 cm³/mol. The molecule has 3 aromatic rings. The Morgan fingerprint density at radius 3 is 2.40 bits per heavy atom. The first-order valence-electron chi connectivity index (χ1n) is 14.4. The predicted octanol–water partition coefficient (Wildman–Crippen LogP) is 2.89. The van der Waals surface area contributed by atoms with E-state index >= 15 is 0 Å². The topological polar surface area (TPSA) is 145 Å². The Hall–Kier alpha value is -4.74. The zero-order valence-corrected chi connectivity index (χ0v) is 24.4. The number of aromatic nitrogens is 3. The Morgan fingerprint density at radius 1 is 0.884 bits per heavy atom. The second kappa shape index (κ2) is 14.0. The number of benzene rings is 2. The van der Waals surface area contributed by atoms with Gasteiger partial charge < -0.3 is 29.7 Å². The van der Waals surface area contributed by atoms with E-state index < -0.39 is 11.9 Å². The van der Waals surface area contributed by atoms with Crippen LogP contribution in [0.3, 0.4) is 0 Å². The molecule has 5 rings (SSSR count). The molecule has 1 aliphatic heterocycles. The summed E-state index contributed by atoms with van der Waals surface area (Å²) in [5, 5.41) is 5.60. The fraction of sp³-hybridized carbons (Fsp3) is 0.419. The lowest BCUT2D eigenvalue weighted by molar-refractivity contribution is -0.139. The van der Waals surface area contributed by atoms with Gasteiger partial charge in [0.2, 0.25) is 5.95 Å². The van der Waals surface area contributed by atoms with Crippen LogP contribution in [0.1, 0.15) is 46.4 Å². The van der Waals surface area contributed by atoms with Crippen molar-refractivity contribution in [2.75, 3.05) is 51.9 Å². The van der Waals surface area contributed by atoms with Gasteiger partial charge in [0.25, 0.3) is 11.8 Å². The average molecular weight is 589 g/mol. The van der Waals surface area contributed by atoms with Crippen molar-refractivity contribution < 1.29 is 28.6 Å². The normalized spacial score (nSPS) is 15.0. The Balaban J connectivity index is 1.14. The molecule has 2 aliphatic rings. The first kappa shape index (κ1) is 29.7. The van der Waals surface area contributed by atoms with Crippen molar-refractivity contribution in [2.24, 2.45) is 11.8 Å². The Bertz CT molecular complexity index is 1450. The number of carbonyl (C=O) groups excluding carboxylic acids is 3. The van der Waals surface area contributed by atoms with Crippen molar-refractivity contribution in [1.29, 1.82) is 0 Å². The fourth-order valence-corrected chi connectivity index (χ4v) is 4.78. The second-order valence-electron chi connectivity index (χ2n) is 10.7. The summed E-state index contributed by atoms with van der Waals surface area (Å²) in [7, 11) is 2.84. The van der Waals surface area contributed by atoms with E-state index in [1.54, 1.807) is 37.4 Å². The van der Waals surface area contributed by atoms with E-state index in [1.165, 1.54) is 26.3 Å². The van der Waals surface area contributed by atoms with Gasteiger partial charge in [-0.25, -0.2) is 9.97 Å². The molecule has 0 atom stereocenters. The van der Waals surface area contributed by atoms with Gasteiger partial charge in [-0.05, 0) is 61.8 Å². The highest BCUT2D eigenvalue weighted by molar-refractivity contribution is 5.97. The van der Waals surface area contributed by atoms with Crippen LogP contribution in [0.4, 0.5) is 5.95 Å². The molecule has 12 nitrogen and oxygen atoms in total. The molecule has 1 aromatic heterocycles. The van der Waals surface area contributed by atoms with Crippen LogP contribution in [0.2, 0.25) is 0 Å². The highest BCUT2D eigenvalue weighted by atomic mass is 16.5. The molecule has 2 amide bonds. The summed E-state index contributed by atoms with van der Waals surface area (Å²) in [4.78, 5) is 52.2. The molecule has 43 heavy (non-hydrogen) atoms. The summed E-state index contributed by atoms with van der Waals surface area (Å²) in [5.74, 6) is 2.10. The lowest BCUT2D eigenvalue weighted by Gasteiger charge is -2.32. The molecule has 0 unspecified atom stereocenters. The van der Waals surface area contributed by atoms with Crippen LogP contribution in [0.25, 0.3) is 11.4 Å². The Morgan fingerprint density at radius 2 is 1.65 bits per heavy atom. The Labute approximate surface area is 250 Å². The Kier molecular flexibility index (Phi) is 9.65. The second-order valence-corrected chi connectivity index (χ2v) is 10.7. The maximum absolute atomic E-state index is 13.0. The summed E-state index contributed by atoms with van der Waals surface area (Å²) < 4.78 is 15.8. The number of hydrogen-bond acceptors (Lipinski definition) is 10. The van der Waals surface area contributed by atoms with Crippen LogP contribution in [0, 0.1) is 11.8 Å². The van der Waals surface area contributed by atoms with Crippen molar-refractivity contribution in [3.63, 3.8) is 0 Å². The first-order chi connectivity index (χ1) is 20.9. The molecule has 0 bridgehead atoms. The molecule has 1 saturated carbocycles. The highest BCUT2D eigenvalue weighted by Crippen LogP contribution is 2.31. The summed E-state index contributed by atoms with van der Waals surface area (Å²) >= 11 is 0. The van der Waals surface area contributed by atoms with E-state index in [4.69, 9.17) is 9.47 Å². The minimum absolute atomic E-state index is 0.152. The van der Waals surface area contributed by atoms with Crippen molar-refractivity contribution >= 4 is 23.7 Å². The van der Waals surface area contributed by atoms with Crippen LogP contribution >= 0.6 is 0 Å². The fourth-order valence-electron chi connectivity index (χ4n) is 4.78. The van der Waals surface area contributed by atoms with Gasteiger partial charge in [-0.2, -0.15) is 4.98 Å². The average Bonchev–Trinajstić information content (AvgIpc) is 3.90. The van der Waals surface area contributed by atoms with Gasteiger partial charge in [0, 0.05) is 42.4 Å². The van der Waals surface area contributed by atoms with Gasteiger partial charge in [0.05, 0.1) is 20.8 Å². The van der Waals surface area contributed by atoms with Crippen molar-refractivity contribution in [3.8, 4) is 22.9 Å². The lowest BCUT2D eigenvalue weighted by atomic mass is 9.97. The maximum atomic E-state index is 13.0. The van der Waals surface area contributed by atoms with E-state index in [0.29, 0.717) is 64.9 Å². The highest BCUT2D eigenvalue weighted by Gasteiger charge is 2.24. The molecule has 12 heteroatoms. The number of ether oxygens (including phenoxy) is 3. The third kappa shape index (κ3) is 8.18. The van der Waals surface area contributed by atoms with Gasteiger partial charge in [-0.3, -0.25) is 14.4 Å². The van der Waals surface area contributed by atoms with Crippen LogP contribution < -0.4 is 25.0 Å². The SMILES string of the molecule is COC(=O)CNC(=O)c1cccc(-c2ncnc(N3CCC(CNC(=O)c4cc(OC)cc(OCC5CC5)c4)CC3)n2)c1. The monoisotopic (exact) mass is 588 g/mol. The number of nitrogens with one attached hydrogen (secondary N) is 2. The van der Waals surface area contributed by atoms with Crippen molar-refractivity contribution in [3.05, 3.63) is 59.9 Å². The number of hydrogen-bond donors (Lipinski definition) is 2. The zero-order valence-electron chi connectivity index (χ0n) is 24.4. The van der Waals surface area contributed by atoms with Gasteiger partial charge >= 0.3 is 5.97 Å². The van der Waals surface area contributed by atoms with Crippen LogP contribution in [-0.4, -0.2) is 79.7 Å². The quantitative estimate of drug-likeness (QED) is 0.303. The van der Waals surface area contributed by atoms with E-state index in [0.717, 1.165) is 25.9 Å². The number of piperidine rings is 1. The van der Waals surface area contributed by atoms with Crippen molar-refractivity contribution in [2.45, 2.75) is 25.7 Å². The maximum Gasteiger partial charge on any atom is 0.325 e. The molecular weight excluding hydrogens is 552 g/mol. The molecule has 226 valence electrons. The largest absolute Gasteiger partial charge is 0.497 e. The van der Waals surface area contributed by atoms with Gasteiger partial charge in [0.15, 0.2) is 5.82 Å². The number of carbonyl (C=O) groups is 3. The number of methoxy groups -OCH3 is 2. The molecule has 0 radical (unpaired) electrons. The molecule has 2 aromatic carbocycles. The standard InChI is InChI=1S/C31H36N6O6/c1-41-25-13-24(14-26(15-25)43-18-21-6-7-21)30(40)32-16-20-8-10-37(11-9-20)31-35-19-34-28(36-31)22-4-3-5-23(12-22)29(39)33-17-27(38)42-2/h3-5,12-15,19-21H,6-11,16-18H2,1-2H3,(H,32,40)(H,33,39). The number of anilines is 1. The number of amides is 2. The molecule has 2 fully saturated rings. The van der Waals surface area contributed by atoms with Crippen LogP contribution in [-0.2, 0) is 9.53 Å². The van der Waals surface area contributed by atoms with E-state index in [-0.39, 0.29) is 12.5 Å². The van der Waals surface area contributed by atoms with Crippen LogP contribution in [0.15, 0.2) is 48.8 Å². The van der Waals surface area contributed by atoms with E-state index in [2.05, 4.69) is 35.2 Å². The molecule has 2 N–H and O–H groups in total. The summed E-state index contributed by atoms with van der Waals surface area (Å²) in [5.41, 5.74) is 1.55. The minimum Gasteiger partial charge on any atom is -0.497 e. The molecule has 1 saturated heterocycles. The molecular formula is C31H36N6O6. The van der Waals surface area contributed by atoms with Crippen LogP contribution in [0.5, 0.6) is 11.5 Å². The smallest absolute Gasteiger partial charge is 0.325 e. The molecule has 2 heterocycles. The third-order valence-electron chi connectivity index (χ3n) is 7.57. The first-order valence-corrected chi connectivity index (χ1v) is 14.4. The number of esters is 1. The zero-order chi connectivity index (χ0) is 30.2. The summed E-state index contributed by atoms with van der Waals surface area (Å²) in [6.45, 7) is 2.48. The van der Waals surface area contributed by atoms with Gasteiger partial charge in [0.1, 0.15) is 24.4 Å².